The normalized spacial score (nSPS) is 13.6. The number of ether oxygens (including phenoxy) is 1. The van der Waals surface area contributed by atoms with Crippen LogP contribution in [0.25, 0.3) is 64.6 Å². The summed E-state index contributed by atoms with van der Waals surface area (Å²) in [6.07, 6.45) is 0. The highest BCUT2D eigenvalue weighted by Crippen LogP contribution is 2.52. The summed E-state index contributed by atoms with van der Waals surface area (Å²) >= 11 is 0. The Bertz CT molecular complexity index is 2980. The van der Waals surface area contributed by atoms with Gasteiger partial charge in [0.05, 0.1) is 11.3 Å². The third kappa shape index (κ3) is 4.29. The lowest BCUT2D eigenvalue weighted by Crippen LogP contribution is -2.41. The zero-order chi connectivity index (χ0) is 36.4. The fourth-order valence-corrected chi connectivity index (χ4v) is 9.21. The van der Waals surface area contributed by atoms with Crippen molar-refractivity contribution in [2.75, 3.05) is 4.90 Å². The van der Waals surface area contributed by atoms with E-state index in [-0.39, 0.29) is 29.6 Å². The van der Waals surface area contributed by atoms with Gasteiger partial charge in [-0.1, -0.05) is 126 Å². The Balaban J connectivity index is 1.37. The Kier molecular flexibility index (Phi) is 6.73. The van der Waals surface area contributed by atoms with Crippen LogP contribution in [0.3, 0.4) is 0 Å². The molecule has 0 saturated carbocycles. The number of amides is 2. The molecule has 0 atom stereocenters. The molecule has 0 aliphatic carbocycles. The summed E-state index contributed by atoms with van der Waals surface area (Å²) in [7, 11) is 0. The molecule has 0 fully saturated rings. The molecule has 0 spiro atoms. The molecule has 0 N–H and O–H groups in total. The summed E-state index contributed by atoms with van der Waals surface area (Å²) < 4.78 is 7.09. The van der Waals surface area contributed by atoms with Gasteiger partial charge in [0.25, 0.3) is 11.8 Å². The maximum absolute atomic E-state index is 15.2. The molecular formula is C49H39NO3. The monoisotopic (exact) mass is 689 g/mol. The van der Waals surface area contributed by atoms with Crippen molar-refractivity contribution >= 4 is 82.1 Å². The largest absolute Gasteiger partial charge is 0.456 e. The topological polar surface area (TPSA) is 46.6 Å². The first-order valence-electron chi connectivity index (χ1n) is 18.8. The molecule has 0 bridgehead atoms. The van der Waals surface area contributed by atoms with Crippen LogP contribution in [0.1, 0.15) is 96.7 Å². The van der Waals surface area contributed by atoms with Gasteiger partial charge in [-0.15, -0.1) is 0 Å². The lowest BCUT2D eigenvalue weighted by Gasteiger charge is -2.33. The summed E-state index contributed by atoms with van der Waals surface area (Å²) in [6.45, 7) is 12.8. The molecule has 0 saturated heterocycles. The highest BCUT2D eigenvalue weighted by molar-refractivity contribution is 6.45. The average Bonchev–Trinajstić information content (AvgIpc) is 3.15. The van der Waals surface area contributed by atoms with Crippen LogP contribution in [-0.2, 0) is 0 Å². The van der Waals surface area contributed by atoms with Gasteiger partial charge in [-0.2, -0.15) is 0 Å². The number of anilines is 1. The molecule has 9 aromatic rings. The minimum atomic E-state index is -0.322. The number of hydrogen-bond acceptors (Lipinski definition) is 3. The summed E-state index contributed by atoms with van der Waals surface area (Å²) in [5.41, 5.74) is 4.76. The van der Waals surface area contributed by atoms with E-state index in [4.69, 9.17) is 4.74 Å². The minimum absolute atomic E-state index is 0.103. The summed E-state index contributed by atoms with van der Waals surface area (Å²) in [5, 5.41) is 12.9. The Morgan fingerprint density at radius 2 is 1.02 bits per heavy atom. The van der Waals surface area contributed by atoms with Crippen LogP contribution in [0, 0.1) is 0 Å². The molecule has 1 aliphatic rings. The molecular weight excluding hydrogens is 651 g/mol. The quantitative estimate of drug-likeness (QED) is 0.0992. The molecule has 9 aromatic carbocycles. The standard InChI is InChI=1S/C49H39NO3/c1-25(2)31-13-7-8-16-39(31)53-40-24-38-44-36(48(51)50(49(38)52)47-32(26(3)4)14-10-15-33(47)27(5)6)22-21-35-34-20-19-29-18-17-28-11-9-12-30-23-37(45(40)46(35)44)43(34)42(29)41(28)30/h7-27H,1-6H3. The summed E-state index contributed by atoms with van der Waals surface area (Å²) in [4.78, 5) is 31.6. The Morgan fingerprint density at radius 1 is 0.434 bits per heavy atom. The van der Waals surface area contributed by atoms with Gasteiger partial charge < -0.3 is 4.74 Å². The predicted octanol–water partition coefficient (Wildman–Crippen LogP) is 13.4. The molecule has 1 aliphatic heterocycles. The van der Waals surface area contributed by atoms with Gasteiger partial charge in [-0.05, 0) is 107 Å². The number of hydrogen-bond donors (Lipinski definition) is 0. The number of imide groups is 1. The second kappa shape index (κ2) is 11.2. The smallest absolute Gasteiger partial charge is 0.266 e. The van der Waals surface area contributed by atoms with E-state index in [9.17, 15) is 4.79 Å². The van der Waals surface area contributed by atoms with Crippen molar-refractivity contribution in [2.24, 2.45) is 0 Å². The van der Waals surface area contributed by atoms with Gasteiger partial charge in [0.1, 0.15) is 11.5 Å². The molecule has 258 valence electrons. The lowest BCUT2D eigenvalue weighted by atomic mass is 9.81. The van der Waals surface area contributed by atoms with E-state index in [1.165, 1.54) is 31.8 Å². The van der Waals surface area contributed by atoms with Crippen molar-refractivity contribution in [1.29, 1.82) is 0 Å². The van der Waals surface area contributed by atoms with Crippen LogP contribution in [-0.4, -0.2) is 11.8 Å². The predicted molar refractivity (Wildman–Crippen MR) is 220 cm³/mol. The van der Waals surface area contributed by atoms with E-state index in [0.29, 0.717) is 28.0 Å². The second-order valence-corrected chi connectivity index (χ2v) is 15.7. The Hall–Kier alpha value is -6.00. The highest BCUT2D eigenvalue weighted by Gasteiger charge is 2.39. The average molecular weight is 690 g/mol. The molecule has 53 heavy (non-hydrogen) atoms. The lowest BCUT2D eigenvalue weighted by molar-refractivity contribution is 0.0892. The van der Waals surface area contributed by atoms with E-state index in [0.717, 1.165) is 54.8 Å². The summed E-state index contributed by atoms with van der Waals surface area (Å²) in [6, 6.07) is 37.8. The maximum atomic E-state index is 15.2. The molecule has 2 amide bonds. The fraction of sp³-hybridized carbons (Fsp3) is 0.184. The van der Waals surface area contributed by atoms with Crippen molar-refractivity contribution < 1.29 is 14.3 Å². The molecule has 4 heteroatoms. The first-order chi connectivity index (χ1) is 25.6. The molecule has 1 heterocycles. The van der Waals surface area contributed by atoms with Gasteiger partial charge in [0.2, 0.25) is 0 Å². The highest BCUT2D eigenvalue weighted by atomic mass is 16.5. The summed E-state index contributed by atoms with van der Waals surface area (Å²) in [5.74, 6) is 1.19. The zero-order valence-corrected chi connectivity index (χ0v) is 30.8. The molecule has 0 aromatic heterocycles. The van der Waals surface area contributed by atoms with Crippen LogP contribution in [0.4, 0.5) is 5.69 Å². The SMILES string of the molecule is CC(C)c1ccccc1Oc1cc2c3c(ccc4c5ccc6ccc7cccc8cc(c1c34)c5c6c78)C(=O)N(c1c(C(C)C)cccc1C(C)C)C2=O. The molecule has 4 nitrogen and oxygen atoms in total. The van der Waals surface area contributed by atoms with Crippen LogP contribution in [0.15, 0.2) is 109 Å². The minimum Gasteiger partial charge on any atom is -0.456 e. The van der Waals surface area contributed by atoms with Crippen molar-refractivity contribution in [2.45, 2.75) is 59.3 Å². The number of fused-ring (bicyclic) bond motifs is 2. The van der Waals surface area contributed by atoms with Crippen molar-refractivity contribution in [3.05, 3.63) is 137 Å². The van der Waals surface area contributed by atoms with Gasteiger partial charge in [-0.3, -0.25) is 9.59 Å². The van der Waals surface area contributed by atoms with E-state index >= 15 is 4.79 Å². The van der Waals surface area contributed by atoms with Crippen molar-refractivity contribution in [3.63, 3.8) is 0 Å². The van der Waals surface area contributed by atoms with Gasteiger partial charge in [0.15, 0.2) is 0 Å². The maximum Gasteiger partial charge on any atom is 0.266 e. The first kappa shape index (κ1) is 31.7. The third-order valence-electron chi connectivity index (χ3n) is 11.6. The van der Waals surface area contributed by atoms with E-state index < -0.39 is 0 Å². The number of rotatable bonds is 6. The van der Waals surface area contributed by atoms with Gasteiger partial charge >= 0.3 is 0 Å². The Labute approximate surface area is 308 Å². The van der Waals surface area contributed by atoms with Crippen LogP contribution < -0.4 is 9.64 Å². The number of carbonyl (C=O) groups excluding carboxylic acids is 2. The Morgan fingerprint density at radius 3 is 1.75 bits per heavy atom. The van der Waals surface area contributed by atoms with Crippen molar-refractivity contribution in [3.8, 4) is 11.5 Å². The van der Waals surface area contributed by atoms with Crippen LogP contribution in [0.2, 0.25) is 0 Å². The van der Waals surface area contributed by atoms with Crippen LogP contribution in [0.5, 0.6) is 11.5 Å². The van der Waals surface area contributed by atoms with E-state index in [1.807, 2.05) is 48.5 Å². The molecule has 10 rings (SSSR count). The van der Waals surface area contributed by atoms with E-state index in [2.05, 4.69) is 102 Å². The number of carbonyl (C=O) groups is 2. The third-order valence-corrected chi connectivity index (χ3v) is 11.6. The molecule has 0 radical (unpaired) electrons. The molecule has 0 unspecified atom stereocenters. The van der Waals surface area contributed by atoms with Gasteiger partial charge in [-0.25, -0.2) is 4.90 Å². The van der Waals surface area contributed by atoms with Crippen molar-refractivity contribution in [1.82, 2.24) is 0 Å². The van der Waals surface area contributed by atoms with Gasteiger partial charge in [0, 0.05) is 21.7 Å². The number of benzene rings is 9. The fourth-order valence-electron chi connectivity index (χ4n) is 9.21. The second-order valence-electron chi connectivity index (χ2n) is 15.7. The number of nitrogens with zero attached hydrogens (tertiary/aromatic N) is 1. The zero-order valence-electron chi connectivity index (χ0n) is 30.8. The number of para-hydroxylation sites is 2. The first-order valence-corrected chi connectivity index (χ1v) is 18.8. The van der Waals surface area contributed by atoms with Crippen LogP contribution >= 0.6 is 0 Å². The van der Waals surface area contributed by atoms with E-state index in [1.54, 1.807) is 0 Å².